The Morgan fingerprint density at radius 3 is 2.84 bits per heavy atom. The highest BCUT2D eigenvalue weighted by atomic mass is 79.9. The van der Waals surface area contributed by atoms with E-state index < -0.39 is 0 Å². The normalized spacial score (nSPS) is 10.9. The molecule has 0 saturated carbocycles. The lowest BCUT2D eigenvalue weighted by Gasteiger charge is -2.05. The number of carbonyl (C=O) groups excluding carboxylic acids is 1. The topological polar surface area (TPSA) is 48.0 Å². The van der Waals surface area contributed by atoms with Crippen LogP contribution >= 0.6 is 15.9 Å². The van der Waals surface area contributed by atoms with Crippen molar-refractivity contribution >= 4 is 21.7 Å². The molecular weight excluding hydrogens is 308 g/mol. The first-order chi connectivity index (χ1) is 9.08. The van der Waals surface area contributed by atoms with Crippen LogP contribution in [0.25, 0.3) is 0 Å². The number of Topliss-reactive ketones (excluding diaryl/α,β-unsaturated/α-hetero) is 1. The molecule has 0 aliphatic heterocycles. The van der Waals surface area contributed by atoms with Gasteiger partial charge < -0.3 is 4.42 Å². The molecule has 0 fully saturated rings. The number of nitrogens with zero attached hydrogens (tertiary/aromatic N) is 2. The molecule has 2 aromatic heterocycles. The summed E-state index contributed by atoms with van der Waals surface area (Å²) < 4.78 is 8.09. The second kappa shape index (κ2) is 5.74. The molecule has 0 bridgehead atoms. The van der Waals surface area contributed by atoms with Crippen molar-refractivity contribution in [1.29, 1.82) is 0 Å². The molecule has 0 N–H and O–H groups in total. The summed E-state index contributed by atoms with van der Waals surface area (Å²) in [7, 11) is 0. The van der Waals surface area contributed by atoms with Gasteiger partial charge in [0.2, 0.25) is 0 Å². The number of ketones is 1. The molecule has 0 unspecified atom stereocenters. The summed E-state index contributed by atoms with van der Waals surface area (Å²) in [5.41, 5.74) is 2.51. The Morgan fingerprint density at radius 2 is 2.21 bits per heavy atom. The van der Waals surface area contributed by atoms with Crippen LogP contribution in [0.4, 0.5) is 0 Å². The Hall–Kier alpha value is -1.36. The number of hydrogen-bond acceptors (Lipinski definition) is 3. The van der Waals surface area contributed by atoms with E-state index in [4.69, 9.17) is 4.42 Å². The summed E-state index contributed by atoms with van der Waals surface area (Å²) in [6.07, 6.45) is 2.63. The quantitative estimate of drug-likeness (QED) is 0.790. The van der Waals surface area contributed by atoms with Crippen molar-refractivity contribution in [2.24, 2.45) is 0 Å². The standard InChI is InChI=1S/C14H17BrN2O2/c1-4-13-10(6-7-19-13)12(18)8-11-14(15)9(3)16-17(11)5-2/h6-7H,4-5,8H2,1-3H3. The third-order valence-electron chi connectivity index (χ3n) is 3.15. The second-order valence-corrected chi connectivity index (χ2v) is 5.17. The van der Waals surface area contributed by atoms with E-state index in [1.165, 1.54) is 0 Å². The molecule has 0 aliphatic carbocycles. The average Bonchev–Trinajstić information content (AvgIpc) is 2.98. The van der Waals surface area contributed by atoms with Crippen LogP contribution in [0.15, 0.2) is 21.2 Å². The highest BCUT2D eigenvalue weighted by Crippen LogP contribution is 2.23. The molecule has 0 atom stereocenters. The van der Waals surface area contributed by atoms with Gasteiger partial charge in [-0.05, 0) is 35.8 Å². The SMILES string of the molecule is CCc1occc1C(=O)Cc1c(Br)c(C)nn1CC. The van der Waals surface area contributed by atoms with Gasteiger partial charge in [0.1, 0.15) is 5.76 Å². The summed E-state index contributed by atoms with van der Waals surface area (Å²) in [6, 6.07) is 1.74. The molecule has 0 aliphatic rings. The predicted octanol–water partition coefficient (Wildman–Crippen LogP) is 3.55. The number of rotatable bonds is 5. The molecule has 4 nitrogen and oxygen atoms in total. The van der Waals surface area contributed by atoms with Gasteiger partial charge in [-0.1, -0.05) is 6.92 Å². The van der Waals surface area contributed by atoms with E-state index in [9.17, 15) is 4.79 Å². The maximum atomic E-state index is 12.4. The summed E-state index contributed by atoms with van der Waals surface area (Å²) in [6.45, 7) is 6.68. The molecule has 5 heteroatoms. The lowest BCUT2D eigenvalue weighted by molar-refractivity contribution is 0.0988. The molecule has 0 amide bonds. The Balaban J connectivity index is 2.29. The fraction of sp³-hybridized carbons (Fsp3) is 0.429. The van der Waals surface area contributed by atoms with E-state index >= 15 is 0 Å². The fourth-order valence-electron chi connectivity index (χ4n) is 2.15. The third kappa shape index (κ3) is 2.66. The summed E-state index contributed by atoms with van der Waals surface area (Å²) in [4.78, 5) is 12.4. The van der Waals surface area contributed by atoms with E-state index in [0.717, 1.165) is 34.6 Å². The minimum Gasteiger partial charge on any atom is -0.469 e. The number of hydrogen-bond donors (Lipinski definition) is 0. The monoisotopic (exact) mass is 324 g/mol. The van der Waals surface area contributed by atoms with Crippen LogP contribution in [-0.4, -0.2) is 15.6 Å². The maximum Gasteiger partial charge on any atom is 0.172 e. The van der Waals surface area contributed by atoms with Gasteiger partial charge in [0, 0.05) is 13.0 Å². The first-order valence-electron chi connectivity index (χ1n) is 6.39. The van der Waals surface area contributed by atoms with Crippen LogP contribution in [0.1, 0.15) is 41.4 Å². The molecule has 0 radical (unpaired) electrons. The zero-order chi connectivity index (χ0) is 14.0. The maximum absolute atomic E-state index is 12.4. The molecule has 0 saturated heterocycles. The zero-order valence-electron chi connectivity index (χ0n) is 11.4. The second-order valence-electron chi connectivity index (χ2n) is 4.37. The summed E-state index contributed by atoms with van der Waals surface area (Å²) in [5.74, 6) is 0.821. The van der Waals surface area contributed by atoms with Gasteiger partial charge >= 0.3 is 0 Å². The highest BCUT2D eigenvalue weighted by molar-refractivity contribution is 9.10. The first kappa shape index (κ1) is 14.1. The Morgan fingerprint density at radius 1 is 1.47 bits per heavy atom. The van der Waals surface area contributed by atoms with Gasteiger partial charge in [-0.25, -0.2) is 0 Å². The minimum atomic E-state index is 0.0703. The number of furan rings is 1. The molecule has 19 heavy (non-hydrogen) atoms. The van der Waals surface area contributed by atoms with Crippen molar-refractivity contribution in [3.05, 3.63) is 39.5 Å². The van der Waals surface area contributed by atoms with E-state index in [-0.39, 0.29) is 5.78 Å². The third-order valence-corrected chi connectivity index (χ3v) is 4.18. The van der Waals surface area contributed by atoms with Crippen molar-refractivity contribution in [3.63, 3.8) is 0 Å². The van der Waals surface area contributed by atoms with Crippen LogP contribution in [0, 0.1) is 6.92 Å². The summed E-state index contributed by atoms with van der Waals surface area (Å²) >= 11 is 3.51. The first-order valence-corrected chi connectivity index (χ1v) is 7.19. The average molecular weight is 325 g/mol. The number of halogens is 1. The Bertz CT molecular complexity index is 599. The van der Waals surface area contributed by atoms with Crippen molar-refractivity contribution < 1.29 is 9.21 Å². The van der Waals surface area contributed by atoms with E-state index in [0.29, 0.717) is 12.0 Å². The van der Waals surface area contributed by atoms with Crippen molar-refractivity contribution in [1.82, 2.24) is 9.78 Å². The van der Waals surface area contributed by atoms with Gasteiger partial charge in [-0.2, -0.15) is 5.10 Å². The van der Waals surface area contributed by atoms with Crippen LogP contribution in [-0.2, 0) is 19.4 Å². The van der Waals surface area contributed by atoms with Crippen LogP contribution in [0.3, 0.4) is 0 Å². The van der Waals surface area contributed by atoms with Crippen LogP contribution < -0.4 is 0 Å². The number of carbonyl (C=O) groups is 1. The van der Waals surface area contributed by atoms with Crippen LogP contribution in [0.5, 0.6) is 0 Å². The molecule has 2 heterocycles. The van der Waals surface area contributed by atoms with E-state index in [1.807, 2.05) is 25.5 Å². The van der Waals surface area contributed by atoms with Gasteiger partial charge in [0.05, 0.1) is 34.1 Å². The molecule has 0 spiro atoms. The smallest absolute Gasteiger partial charge is 0.172 e. The van der Waals surface area contributed by atoms with Crippen LogP contribution in [0.2, 0.25) is 0 Å². The minimum absolute atomic E-state index is 0.0703. The van der Waals surface area contributed by atoms with Crippen molar-refractivity contribution in [2.45, 2.75) is 40.2 Å². The van der Waals surface area contributed by atoms with Gasteiger partial charge in [0.15, 0.2) is 5.78 Å². The van der Waals surface area contributed by atoms with Gasteiger partial charge in [-0.3, -0.25) is 9.48 Å². The lowest BCUT2D eigenvalue weighted by atomic mass is 10.1. The van der Waals surface area contributed by atoms with E-state index in [1.54, 1.807) is 12.3 Å². The Labute approximate surface area is 120 Å². The predicted molar refractivity (Wildman–Crippen MR) is 76.5 cm³/mol. The van der Waals surface area contributed by atoms with E-state index in [2.05, 4.69) is 21.0 Å². The number of aryl methyl sites for hydroxylation is 3. The molecule has 2 aromatic rings. The summed E-state index contributed by atoms with van der Waals surface area (Å²) in [5, 5.41) is 4.40. The molecular formula is C14H17BrN2O2. The van der Waals surface area contributed by atoms with Crippen molar-refractivity contribution in [3.8, 4) is 0 Å². The van der Waals surface area contributed by atoms with Gasteiger partial charge in [-0.15, -0.1) is 0 Å². The Kier molecular flexibility index (Phi) is 4.24. The zero-order valence-corrected chi connectivity index (χ0v) is 13.0. The molecule has 2 rings (SSSR count). The fourth-order valence-corrected chi connectivity index (χ4v) is 2.57. The molecule has 102 valence electrons. The van der Waals surface area contributed by atoms with Crippen molar-refractivity contribution in [2.75, 3.05) is 0 Å². The lowest BCUT2D eigenvalue weighted by Crippen LogP contribution is -2.10. The van der Waals surface area contributed by atoms with Gasteiger partial charge in [0.25, 0.3) is 0 Å². The number of aromatic nitrogens is 2. The largest absolute Gasteiger partial charge is 0.469 e. The highest BCUT2D eigenvalue weighted by Gasteiger charge is 2.19. The molecule has 0 aromatic carbocycles.